The predicted molar refractivity (Wildman–Crippen MR) is 70.0 cm³/mol. The van der Waals surface area contributed by atoms with Crippen molar-refractivity contribution < 1.29 is 17.5 Å². The van der Waals surface area contributed by atoms with Crippen LogP contribution in [0.5, 0.6) is 0 Å². The van der Waals surface area contributed by atoms with Gasteiger partial charge in [-0.3, -0.25) is 14.1 Å². The predicted octanol–water partition coefficient (Wildman–Crippen LogP) is 0.503. The number of halogens is 1. The van der Waals surface area contributed by atoms with E-state index >= 15 is 0 Å². The average Bonchev–Trinajstić information content (AvgIpc) is 2.18. The summed E-state index contributed by atoms with van der Waals surface area (Å²) in [5.74, 6) is 0.133. The molecule has 0 fully saturated rings. The smallest absolute Gasteiger partial charge is 0.370 e. The zero-order valence-corrected chi connectivity index (χ0v) is 10.9. The molecule has 0 unspecified atom stereocenters. The van der Waals surface area contributed by atoms with Crippen molar-refractivity contribution in [1.29, 1.82) is 0 Å². The molecule has 6 N–H and O–H groups in total. The van der Waals surface area contributed by atoms with Gasteiger partial charge in [0.25, 0.3) is 0 Å². The molecule has 18 heavy (non-hydrogen) atoms. The summed E-state index contributed by atoms with van der Waals surface area (Å²) in [6.45, 7) is 0.615. The Balaban J connectivity index is 0.000000494. The number of benzene rings is 1. The summed E-state index contributed by atoms with van der Waals surface area (Å²) >= 11 is 5.73. The van der Waals surface area contributed by atoms with E-state index in [1.807, 2.05) is 24.3 Å². The van der Waals surface area contributed by atoms with Crippen LogP contribution in [-0.2, 0) is 16.8 Å². The van der Waals surface area contributed by atoms with Gasteiger partial charge < -0.3 is 11.5 Å². The third-order valence-corrected chi connectivity index (χ3v) is 1.86. The first-order valence-corrected chi connectivity index (χ1v) is 6.45. The molecule has 0 aromatic heterocycles. The van der Waals surface area contributed by atoms with Gasteiger partial charge in [0.05, 0.1) is 0 Å². The molecule has 1 aromatic carbocycles. The number of rotatable bonds is 3. The molecule has 0 aliphatic rings. The highest BCUT2D eigenvalue weighted by atomic mass is 35.5. The first kappa shape index (κ1) is 16.6. The van der Waals surface area contributed by atoms with Gasteiger partial charge in [0.2, 0.25) is 0 Å². The summed E-state index contributed by atoms with van der Waals surface area (Å²) in [5, 5.41) is 0.741. The van der Waals surface area contributed by atoms with Gasteiger partial charge in [0, 0.05) is 11.6 Å². The Morgan fingerprint density at radius 2 is 1.67 bits per heavy atom. The standard InChI is InChI=1S/C9H12ClN3.H2O4S/c10-8-3-1-7(2-4-8)5-6-13-9(11)12;1-5(2,3)4/h1-4H,5-6H2,(H4,11,12,13);(H2,1,2,3,4). The molecule has 0 aliphatic heterocycles. The highest BCUT2D eigenvalue weighted by molar-refractivity contribution is 7.79. The Labute approximate surface area is 110 Å². The van der Waals surface area contributed by atoms with Gasteiger partial charge in [-0.15, -0.1) is 0 Å². The van der Waals surface area contributed by atoms with Crippen LogP contribution in [0.2, 0.25) is 5.02 Å². The van der Waals surface area contributed by atoms with Crippen LogP contribution in [0.25, 0.3) is 0 Å². The number of aliphatic imine (C=N–C) groups is 1. The van der Waals surface area contributed by atoms with Crippen molar-refractivity contribution >= 4 is 28.0 Å². The molecule has 1 aromatic rings. The number of nitrogens with zero attached hydrogens (tertiary/aromatic N) is 1. The second-order valence-corrected chi connectivity index (χ2v) is 4.46. The lowest BCUT2D eigenvalue weighted by Gasteiger charge is -1.98. The van der Waals surface area contributed by atoms with Crippen LogP contribution < -0.4 is 11.5 Å². The lowest BCUT2D eigenvalue weighted by atomic mass is 10.1. The Kier molecular flexibility index (Phi) is 7.29. The third kappa shape index (κ3) is 12.7. The van der Waals surface area contributed by atoms with E-state index in [1.165, 1.54) is 5.56 Å². The normalized spacial score (nSPS) is 10.2. The summed E-state index contributed by atoms with van der Waals surface area (Å²) in [6.07, 6.45) is 0.828. The Bertz CT molecular complexity index is 475. The summed E-state index contributed by atoms with van der Waals surface area (Å²) < 4.78 is 31.6. The second-order valence-electron chi connectivity index (χ2n) is 3.13. The van der Waals surface area contributed by atoms with Gasteiger partial charge in [-0.2, -0.15) is 8.42 Å². The van der Waals surface area contributed by atoms with Crippen LogP contribution in [0.15, 0.2) is 29.3 Å². The number of hydrogen-bond acceptors (Lipinski definition) is 3. The number of guanidine groups is 1. The van der Waals surface area contributed by atoms with Gasteiger partial charge in [-0.05, 0) is 24.1 Å². The Morgan fingerprint density at radius 3 is 2.06 bits per heavy atom. The fourth-order valence-corrected chi connectivity index (χ4v) is 1.09. The minimum absolute atomic E-state index is 0.133. The molecule has 0 heterocycles. The molecular formula is C9H14ClN3O4S. The molecule has 0 aliphatic carbocycles. The van der Waals surface area contributed by atoms with Crippen molar-refractivity contribution in [1.82, 2.24) is 0 Å². The zero-order chi connectivity index (χ0) is 14.2. The minimum atomic E-state index is -4.67. The fraction of sp³-hybridized carbons (Fsp3) is 0.222. The summed E-state index contributed by atoms with van der Waals surface area (Å²) in [7, 11) is -4.67. The van der Waals surface area contributed by atoms with Gasteiger partial charge >= 0.3 is 10.4 Å². The van der Waals surface area contributed by atoms with Crippen molar-refractivity contribution in [2.75, 3.05) is 6.54 Å². The van der Waals surface area contributed by atoms with E-state index < -0.39 is 10.4 Å². The maximum Gasteiger partial charge on any atom is 0.394 e. The molecule has 0 bridgehead atoms. The van der Waals surface area contributed by atoms with Crippen LogP contribution in [-0.4, -0.2) is 30.0 Å². The number of nitrogens with two attached hydrogens (primary N) is 2. The van der Waals surface area contributed by atoms with Gasteiger partial charge in [-0.25, -0.2) is 0 Å². The van der Waals surface area contributed by atoms with E-state index in [2.05, 4.69) is 4.99 Å². The van der Waals surface area contributed by atoms with Crippen molar-refractivity contribution in [3.8, 4) is 0 Å². The minimum Gasteiger partial charge on any atom is -0.370 e. The third-order valence-electron chi connectivity index (χ3n) is 1.61. The van der Waals surface area contributed by atoms with Crippen LogP contribution in [0, 0.1) is 0 Å². The van der Waals surface area contributed by atoms with Gasteiger partial charge in [0.15, 0.2) is 5.96 Å². The summed E-state index contributed by atoms with van der Waals surface area (Å²) in [5.41, 5.74) is 11.6. The lowest BCUT2D eigenvalue weighted by Crippen LogP contribution is -2.23. The lowest BCUT2D eigenvalue weighted by molar-refractivity contribution is 0.381. The number of hydrogen-bond donors (Lipinski definition) is 4. The Morgan fingerprint density at radius 1 is 1.22 bits per heavy atom. The molecule has 1 rings (SSSR count). The quantitative estimate of drug-likeness (QED) is 0.364. The van der Waals surface area contributed by atoms with E-state index in [4.69, 9.17) is 40.6 Å². The second kappa shape index (κ2) is 7.88. The maximum absolute atomic E-state index is 8.74. The molecule has 102 valence electrons. The molecular weight excluding hydrogens is 282 g/mol. The van der Waals surface area contributed by atoms with Crippen LogP contribution in [0.4, 0.5) is 0 Å². The molecule has 0 radical (unpaired) electrons. The maximum atomic E-state index is 8.74. The van der Waals surface area contributed by atoms with Crippen LogP contribution in [0.1, 0.15) is 5.56 Å². The molecule has 7 nitrogen and oxygen atoms in total. The van der Waals surface area contributed by atoms with Crippen LogP contribution in [0.3, 0.4) is 0 Å². The van der Waals surface area contributed by atoms with E-state index in [1.54, 1.807) is 0 Å². The van der Waals surface area contributed by atoms with Crippen molar-refractivity contribution in [3.05, 3.63) is 34.9 Å². The van der Waals surface area contributed by atoms with Gasteiger partial charge in [0.1, 0.15) is 0 Å². The summed E-state index contributed by atoms with van der Waals surface area (Å²) in [4.78, 5) is 3.88. The largest absolute Gasteiger partial charge is 0.394 e. The monoisotopic (exact) mass is 295 g/mol. The highest BCUT2D eigenvalue weighted by Gasteiger charge is 1.92. The Hall–Kier alpha value is -1.35. The summed E-state index contributed by atoms with van der Waals surface area (Å²) in [6, 6.07) is 7.63. The first-order valence-electron chi connectivity index (χ1n) is 4.68. The molecule has 0 saturated heterocycles. The van der Waals surface area contributed by atoms with E-state index in [9.17, 15) is 0 Å². The van der Waals surface area contributed by atoms with Crippen LogP contribution >= 0.6 is 11.6 Å². The van der Waals surface area contributed by atoms with E-state index in [-0.39, 0.29) is 5.96 Å². The average molecular weight is 296 g/mol. The van der Waals surface area contributed by atoms with Crippen molar-refractivity contribution in [3.63, 3.8) is 0 Å². The van der Waals surface area contributed by atoms with Crippen molar-refractivity contribution in [2.24, 2.45) is 16.5 Å². The van der Waals surface area contributed by atoms with Crippen molar-refractivity contribution in [2.45, 2.75) is 6.42 Å². The highest BCUT2D eigenvalue weighted by Crippen LogP contribution is 2.09. The first-order chi connectivity index (χ1) is 8.18. The topological polar surface area (TPSA) is 139 Å². The molecule has 9 heteroatoms. The molecule has 0 amide bonds. The SMILES string of the molecule is NC(N)=NCCc1ccc(Cl)cc1.O=S(=O)(O)O. The van der Waals surface area contributed by atoms with E-state index in [0.29, 0.717) is 6.54 Å². The van der Waals surface area contributed by atoms with Gasteiger partial charge in [-0.1, -0.05) is 23.7 Å². The van der Waals surface area contributed by atoms with E-state index in [0.717, 1.165) is 11.4 Å². The molecule has 0 atom stereocenters. The molecule has 0 spiro atoms. The fourth-order valence-electron chi connectivity index (χ4n) is 0.965. The zero-order valence-electron chi connectivity index (χ0n) is 9.32. The molecule has 0 saturated carbocycles.